The van der Waals surface area contributed by atoms with Crippen LogP contribution in [-0.2, 0) is 0 Å². The van der Waals surface area contributed by atoms with Crippen LogP contribution in [0.5, 0.6) is 0 Å². The third kappa shape index (κ3) is 1.82. The normalized spacial score (nSPS) is 35.5. The van der Waals surface area contributed by atoms with E-state index < -0.39 is 0 Å². The van der Waals surface area contributed by atoms with Gasteiger partial charge in [0.25, 0.3) is 0 Å². The molecule has 1 rings (SSSR count). The van der Waals surface area contributed by atoms with Gasteiger partial charge in [0.2, 0.25) is 0 Å². The van der Waals surface area contributed by atoms with Crippen LogP contribution in [-0.4, -0.2) is 11.2 Å². The van der Waals surface area contributed by atoms with Gasteiger partial charge in [-0.1, -0.05) is 34.1 Å². The molecule has 0 heterocycles. The van der Waals surface area contributed by atoms with E-state index in [2.05, 4.69) is 27.7 Å². The van der Waals surface area contributed by atoms with E-state index in [4.69, 9.17) is 0 Å². The van der Waals surface area contributed by atoms with Crippen LogP contribution < -0.4 is 0 Å². The average Bonchev–Trinajstić information content (AvgIpc) is 1.82. The molecule has 1 heteroatoms. The Morgan fingerprint density at radius 2 is 1.92 bits per heavy atom. The number of hydrogen-bond acceptors (Lipinski definition) is 1. The lowest BCUT2D eigenvalue weighted by atomic mass is 9.63. The molecular formula is C11H22O. The Kier molecular flexibility index (Phi) is 2.82. The van der Waals surface area contributed by atoms with Crippen LogP contribution in [0.1, 0.15) is 47.0 Å². The second-order valence-corrected chi connectivity index (χ2v) is 5.22. The third-order valence-corrected chi connectivity index (χ3v) is 3.36. The molecule has 0 aromatic rings. The predicted molar refractivity (Wildman–Crippen MR) is 52.0 cm³/mol. The van der Waals surface area contributed by atoms with Crippen LogP contribution in [0.4, 0.5) is 0 Å². The van der Waals surface area contributed by atoms with E-state index in [9.17, 15) is 5.11 Å². The summed E-state index contributed by atoms with van der Waals surface area (Å²) in [5, 5.41) is 9.87. The molecule has 0 spiro atoms. The Balaban J connectivity index is 2.74. The summed E-state index contributed by atoms with van der Waals surface area (Å²) in [4.78, 5) is 0. The predicted octanol–water partition coefficient (Wildman–Crippen LogP) is 2.83. The number of hydrogen-bond donors (Lipinski definition) is 1. The van der Waals surface area contributed by atoms with Crippen molar-refractivity contribution in [2.45, 2.75) is 53.1 Å². The zero-order valence-corrected chi connectivity index (χ0v) is 8.80. The van der Waals surface area contributed by atoms with E-state index in [1.165, 1.54) is 12.8 Å². The van der Waals surface area contributed by atoms with Crippen LogP contribution in [0.3, 0.4) is 0 Å². The van der Waals surface area contributed by atoms with Gasteiger partial charge in [-0.15, -0.1) is 0 Å². The Morgan fingerprint density at radius 3 is 2.25 bits per heavy atom. The van der Waals surface area contributed by atoms with Gasteiger partial charge in [-0.3, -0.25) is 0 Å². The van der Waals surface area contributed by atoms with Crippen molar-refractivity contribution in [3.63, 3.8) is 0 Å². The van der Waals surface area contributed by atoms with Crippen molar-refractivity contribution >= 4 is 0 Å². The fraction of sp³-hybridized carbons (Fsp3) is 1.00. The van der Waals surface area contributed by atoms with Crippen molar-refractivity contribution in [1.29, 1.82) is 0 Å². The van der Waals surface area contributed by atoms with Gasteiger partial charge in [-0.05, 0) is 30.1 Å². The molecule has 2 unspecified atom stereocenters. The summed E-state index contributed by atoms with van der Waals surface area (Å²) in [6.45, 7) is 9.03. The van der Waals surface area contributed by atoms with Crippen LogP contribution >= 0.6 is 0 Å². The summed E-state index contributed by atoms with van der Waals surface area (Å²) in [5.74, 6) is 1.10. The van der Waals surface area contributed by atoms with Gasteiger partial charge in [0.1, 0.15) is 0 Å². The summed E-state index contributed by atoms with van der Waals surface area (Å²) < 4.78 is 0. The Hall–Kier alpha value is -0.0400. The summed E-state index contributed by atoms with van der Waals surface area (Å²) in [7, 11) is 0. The first-order valence-electron chi connectivity index (χ1n) is 5.13. The molecule has 72 valence electrons. The molecule has 0 aromatic heterocycles. The van der Waals surface area contributed by atoms with Crippen LogP contribution in [0, 0.1) is 17.3 Å². The quantitative estimate of drug-likeness (QED) is 0.641. The lowest BCUT2D eigenvalue weighted by Crippen LogP contribution is -2.41. The maximum absolute atomic E-state index is 9.87. The molecule has 0 bridgehead atoms. The summed E-state index contributed by atoms with van der Waals surface area (Å²) in [6.07, 6.45) is 3.41. The zero-order chi connectivity index (χ0) is 9.35. The van der Waals surface area contributed by atoms with Crippen molar-refractivity contribution in [2.24, 2.45) is 17.3 Å². The molecule has 1 saturated carbocycles. The van der Waals surface area contributed by atoms with Crippen molar-refractivity contribution < 1.29 is 5.11 Å². The van der Waals surface area contributed by atoms with Crippen molar-refractivity contribution in [1.82, 2.24) is 0 Å². The first-order chi connectivity index (χ1) is 5.45. The van der Waals surface area contributed by atoms with Gasteiger partial charge in [0.15, 0.2) is 0 Å². The fourth-order valence-electron chi connectivity index (χ4n) is 2.98. The van der Waals surface area contributed by atoms with E-state index >= 15 is 0 Å². The minimum atomic E-state index is -0.0613. The van der Waals surface area contributed by atoms with E-state index in [0.717, 1.165) is 6.42 Å². The van der Waals surface area contributed by atoms with E-state index in [1.807, 2.05) is 0 Å². The SMILES string of the molecule is CC(C)C1C(O)CCCC1(C)C. The second kappa shape index (κ2) is 3.37. The van der Waals surface area contributed by atoms with Crippen molar-refractivity contribution in [2.75, 3.05) is 0 Å². The lowest BCUT2D eigenvalue weighted by Gasteiger charge is -2.44. The highest BCUT2D eigenvalue weighted by Gasteiger charge is 2.39. The fourth-order valence-corrected chi connectivity index (χ4v) is 2.98. The molecule has 2 atom stereocenters. The van der Waals surface area contributed by atoms with Gasteiger partial charge >= 0.3 is 0 Å². The highest BCUT2D eigenvalue weighted by molar-refractivity contribution is 4.89. The maximum Gasteiger partial charge on any atom is 0.0575 e. The molecule has 0 aliphatic heterocycles. The van der Waals surface area contributed by atoms with E-state index in [-0.39, 0.29) is 6.10 Å². The van der Waals surface area contributed by atoms with E-state index in [1.54, 1.807) is 0 Å². The smallest absolute Gasteiger partial charge is 0.0575 e. The molecule has 1 nitrogen and oxygen atoms in total. The topological polar surface area (TPSA) is 20.2 Å². The first kappa shape index (κ1) is 10.0. The highest BCUT2D eigenvalue weighted by atomic mass is 16.3. The van der Waals surface area contributed by atoms with Crippen molar-refractivity contribution in [3.8, 4) is 0 Å². The van der Waals surface area contributed by atoms with Crippen LogP contribution in [0.25, 0.3) is 0 Å². The second-order valence-electron chi connectivity index (χ2n) is 5.22. The summed E-state index contributed by atoms with van der Waals surface area (Å²) in [6, 6.07) is 0. The first-order valence-corrected chi connectivity index (χ1v) is 5.13. The van der Waals surface area contributed by atoms with Gasteiger partial charge in [-0.2, -0.15) is 0 Å². The molecule has 1 aliphatic carbocycles. The Bertz CT molecular complexity index is 149. The van der Waals surface area contributed by atoms with Crippen LogP contribution in [0.2, 0.25) is 0 Å². The standard InChI is InChI=1S/C11H22O/c1-8(2)10-9(12)6-5-7-11(10,3)4/h8-10,12H,5-7H2,1-4H3. The lowest BCUT2D eigenvalue weighted by molar-refractivity contribution is -0.0334. The molecular weight excluding hydrogens is 148 g/mol. The molecule has 1 N–H and O–H groups in total. The highest BCUT2D eigenvalue weighted by Crippen LogP contribution is 2.44. The molecule has 0 aromatic carbocycles. The number of rotatable bonds is 1. The largest absolute Gasteiger partial charge is 0.393 e. The van der Waals surface area contributed by atoms with Gasteiger partial charge in [0, 0.05) is 0 Å². The van der Waals surface area contributed by atoms with Gasteiger partial charge in [-0.25, -0.2) is 0 Å². The minimum Gasteiger partial charge on any atom is -0.393 e. The maximum atomic E-state index is 9.87. The van der Waals surface area contributed by atoms with Crippen LogP contribution in [0.15, 0.2) is 0 Å². The van der Waals surface area contributed by atoms with Gasteiger partial charge < -0.3 is 5.11 Å². The van der Waals surface area contributed by atoms with Gasteiger partial charge in [0.05, 0.1) is 6.10 Å². The molecule has 0 amide bonds. The minimum absolute atomic E-state index is 0.0613. The summed E-state index contributed by atoms with van der Waals surface area (Å²) >= 11 is 0. The molecule has 0 radical (unpaired) electrons. The third-order valence-electron chi connectivity index (χ3n) is 3.36. The van der Waals surface area contributed by atoms with E-state index in [0.29, 0.717) is 17.3 Å². The Morgan fingerprint density at radius 1 is 1.33 bits per heavy atom. The Labute approximate surface area is 76.2 Å². The number of aliphatic hydroxyl groups excluding tert-OH is 1. The number of aliphatic hydroxyl groups is 1. The zero-order valence-electron chi connectivity index (χ0n) is 8.80. The molecule has 12 heavy (non-hydrogen) atoms. The average molecular weight is 170 g/mol. The molecule has 0 saturated heterocycles. The molecule has 1 aliphatic rings. The summed E-state index contributed by atoms with van der Waals surface area (Å²) in [5.41, 5.74) is 0.339. The molecule has 1 fully saturated rings. The monoisotopic (exact) mass is 170 g/mol. The van der Waals surface area contributed by atoms with Crippen molar-refractivity contribution in [3.05, 3.63) is 0 Å².